The van der Waals surface area contributed by atoms with Crippen molar-refractivity contribution in [2.24, 2.45) is 0 Å². The zero-order chi connectivity index (χ0) is 23.5. The van der Waals surface area contributed by atoms with Gasteiger partial charge in [0.2, 0.25) is 21.8 Å². The highest BCUT2D eigenvalue weighted by Crippen LogP contribution is 2.32. The predicted molar refractivity (Wildman–Crippen MR) is 127 cm³/mol. The van der Waals surface area contributed by atoms with Crippen LogP contribution in [0, 0.1) is 13.8 Å². The van der Waals surface area contributed by atoms with Crippen LogP contribution in [-0.2, 0) is 19.6 Å². The third-order valence-electron chi connectivity index (χ3n) is 6.54. The minimum atomic E-state index is -3.63. The van der Waals surface area contributed by atoms with E-state index in [1.807, 2.05) is 32.0 Å². The molecule has 1 aliphatic heterocycles. The van der Waals surface area contributed by atoms with Gasteiger partial charge in [-0.05, 0) is 63.3 Å². The normalized spacial score (nSPS) is 23.8. The third kappa shape index (κ3) is 5.34. The first-order chi connectivity index (χ1) is 15.1. The van der Waals surface area contributed by atoms with E-state index in [0.29, 0.717) is 12.1 Å². The lowest BCUT2D eigenvalue weighted by atomic mass is 9.93. The summed E-state index contributed by atoms with van der Waals surface area (Å²) < 4.78 is 26.9. The number of aryl methyl sites for hydroxylation is 2. The van der Waals surface area contributed by atoms with E-state index in [9.17, 15) is 18.0 Å². The fraction of sp³-hybridized carbons (Fsp3) is 0.667. The van der Waals surface area contributed by atoms with Gasteiger partial charge in [0.1, 0.15) is 5.54 Å². The Morgan fingerprint density at radius 3 is 2.25 bits per heavy atom. The van der Waals surface area contributed by atoms with E-state index in [-0.39, 0.29) is 36.7 Å². The molecule has 1 aromatic rings. The lowest BCUT2D eigenvalue weighted by Gasteiger charge is -2.47. The topological polar surface area (TPSA) is 86.8 Å². The second-order valence-corrected chi connectivity index (χ2v) is 11.7. The number of benzene rings is 1. The number of carbonyl (C=O) groups is 2. The average molecular weight is 464 g/mol. The molecule has 2 amide bonds. The van der Waals surface area contributed by atoms with Crippen molar-refractivity contribution >= 4 is 27.5 Å². The van der Waals surface area contributed by atoms with Gasteiger partial charge in [-0.1, -0.05) is 38.7 Å². The van der Waals surface area contributed by atoms with Crippen LogP contribution in [0.4, 0.5) is 5.69 Å². The van der Waals surface area contributed by atoms with Gasteiger partial charge in [0.15, 0.2) is 0 Å². The Hall–Kier alpha value is -1.93. The molecule has 1 atom stereocenters. The number of piperazine rings is 1. The van der Waals surface area contributed by atoms with Gasteiger partial charge in [-0.15, -0.1) is 0 Å². The fourth-order valence-corrected chi connectivity index (χ4v) is 6.53. The fourth-order valence-electron chi connectivity index (χ4n) is 5.00. The Balaban J connectivity index is 2.00. The van der Waals surface area contributed by atoms with Crippen molar-refractivity contribution in [1.29, 1.82) is 0 Å². The Morgan fingerprint density at radius 2 is 1.69 bits per heavy atom. The number of nitrogens with zero attached hydrogens (tertiary/aromatic N) is 2. The van der Waals surface area contributed by atoms with Gasteiger partial charge in [-0.3, -0.25) is 14.5 Å². The highest BCUT2D eigenvalue weighted by Gasteiger charge is 2.51. The van der Waals surface area contributed by atoms with Crippen molar-refractivity contribution in [1.82, 2.24) is 9.62 Å². The molecular formula is C24H37N3O4S. The summed E-state index contributed by atoms with van der Waals surface area (Å²) in [5, 5.41) is 3.17. The van der Waals surface area contributed by atoms with Crippen LogP contribution in [0.25, 0.3) is 0 Å². The standard InChI is InChI=1S/C24H37N3O4S/c1-5-12-32(30,31)26-16-22(28)27(21-14-18(2)13-19(3)15-21)24(4,17-26)23(29)25-20-10-8-6-7-9-11-20/h13-15,20H,5-12,16-17H2,1-4H3,(H,25,29)/t24-/m0/s1. The van der Waals surface area contributed by atoms with Crippen molar-refractivity contribution in [2.45, 2.75) is 84.2 Å². The molecule has 1 aliphatic carbocycles. The van der Waals surface area contributed by atoms with Crippen LogP contribution in [0.3, 0.4) is 0 Å². The van der Waals surface area contributed by atoms with Gasteiger partial charge in [-0.25, -0.2) is 8.42 Å². The average Bonchev–Trinajstić information content (AvgIpc) is 2.95. The number of carbonyl (C=O) groups excluding carboxylic acids is 2. The third-order valence-corrected chi connectivity index (χ3v) is 8.51. The molecule has 3 rings (SSSR count). The molecule has 0 unspecified atom stereocenters. The summed E-state index contributed by atoms with van der Waals surface area (Å²) in [6.07, 6.45) is 6.75. The van der Waals surface area contributed by atoms with Crippen LogP contribution in [0.2, 0.25) is 0 Å². The molecule has 1 saturated carbocycles. The van der Waals surface area contributed by atoms with Gasteiger partial charge in [0, 0.05) is 18.3 Å². The van der Waals surface area contributed by atoms with Crippen molar-refractivity contribution in [3.8, 4) is 0 Å². The van der Waals surface area contributed by atoms with Crippen LogP contribution < -0.4 is 10.2 Å². The molecule has 2 fully saturated rings. The maximum Gasteiger partial charge on any atom is 0.247 e. The van der Waals surface area contributed by atoms with E-state index in [1.165, 1.54) is 22.0 Å². The molecule has 1 heterocycles. The summed E-state index contributed by atoms with van der Waals surface area (Å²) in [6.45, 7) is 7.09. The molecule has 32 heavy (non-hydrogen) atoms. The van der Waals surface area contributed by atoms with Gasteiger partial charge < -0.3 is 5.32 Å². The predicted octanol–water partition coefficient (Wildman–Crippen LogP) is 3.29. The maximum absolute atomic E-state index is 13.7. The highest BCUT2D eigenvalue weighted by atomic mass is 32.2. The molecule has 178 valence electrons. The number of hydrogen-bond donors (Lipinski definition) is 1. The van der Waals surface area contributed by atoms with Gasteiger partial charge in [-0.2, -0.15) is 4.31 Å². The molecule has 0 spiro atoms. The number of rotatable bonds is 6. The number of amides is 2. The first-order valence-corrected chi connectivity index (χ1v) is 13.4. The summed E-state index contributed by atoms with van der Waals surface area (Å²) in [4.78, 5) is 28.6. The van der Waals surface area contributed by atoms with Gasteiger partial charge in [0.05, 0.1) is 12.3 Å². The number of hydrogen-bond acceptors (Lipinski definition) is 4. The SMILES string of the molecule is CCCS(=O)(=O)N1CC(=O)N(c2cc(C)cc(C)c2)[C@](C)(C(=O)NC2CCCCCC2)C1. The monoisotopic (exact) mass is 463 g/mol. The van der Waals surface area contributed by atoms with Crippen molar-refractivity contribution < 1.29 is 18.0 Å². The lowest BCUT2D eigenvalue weighted by molar-refractivity contribution is -0.133. The first-order valence-electron chi connectivity index (χ1n) is 11.8. The van der Waals surface area contributed by atoms with Crippen LogP contribution in [0.1, 0.15) is 69.9 Å². The number of sulfonamides is 1. The molecule has 0 radical (unpaired) electrons. The van der Waals surface area contributed by atoms with E-state index >= 15 is 0 Å². The number of anilines is 1. The molecule has 1 saturated heterocycles. The van der Waals surface area contributed by atoms with Crippen LogP contribution in [0.5, 0.6) is 0 Å². The Morgan fingerprint density at radius 1 is 1.09 bits per heavy atom. The Labute approximate surface area is 192 Å². The Bertz CT molecular complexity index is 934. The van der Waals surface area contributed by atoms with Crippen molar-refractivity contribution in [3.05, 3.63) is 29.3 Å². The summed E-state index contributed by atoms with van der Waals surface area (Å²) in [6, 6.07) is 5.84. The van der Waals surface area contributed by atoms with E-state index in [4.69, 9.17) is 0 Å². The summed E-state index contributed by atoms with van der Waals surface area (Å²) in [7, 11) is -3.63. The smallest absolute Gasteiger partial charge is 0.247 e. The number of nitrogens with one attached hydrogen (secondary N) is 1. The van der Waals surface area contributed by atoms with Crippen molar-refractivity contribution in [3.63, 3.8) is 0 Å². The summed E-state index contributed by atoms with van der Waals surface area (Å²) >= 11 is 0. The molecule has 0 bridgehead atoms. The second kappa shape index (κ2) is 9.91. The van der Waals surface area contributed by atoms with E-state index in [0.717, 1.165) is 36.8 Å². The summed E-state index contributed by atoms with van der Waals surface area (Å²) in [5.41, 5.74) is 1.28. The lowest BCUT2D eigenvalue weighted by Crippen LogP contribution is -2.71. The molecule has 7 nitrogen and oxygen atoms in total. The van der Waals surface area contributed by atoms with Gasteiger partial charge in [0.25, 0.3) is 0 Å². The molecule has 1 N–H and O–H groups in total. The minimum Gasteiger partial charge on any atom is -0.351 e. The zero-order valence-corrected chi connectivity index (χ0v) is 20.6. The van der Waals surface area contributed by atoms with E-state index in [1.54, 1.807) is 13.8 Å². The molecular weight excluding hydrogens is 426 g/mol. The van der Waals surface area contributed by atoms with Crippen LogP contribution >= 0.6 is 0 Å². The van der Waals surface area contributed by atoms with Gasteiger partial charge >= 0.3 is 0 Å². The molecule has 0 aromatic heterocycles. The van der Waals surface area contributed by atoms with E-state index in [2.05, 4.69) is 5.32 Å². The Kier molecular flexibility index (Phi) is 7.65. The molecule has 2 aliphatic rings. The van der Waals surface area contributed by atoms with Crippen molar-refractivity contribution in [2.75, 3.05) is 23.7 Å². The quantitative estimate of drug-likeness (QED) is 0.656. The second-order valence-electron chi connectivity index (χ2n) is 9.59. The zero-order valence-electron chi connectivity index (χ0n) is 19.8. The molecule has 1 aromatic carbocycles. The maximum atomic E-state index is 13.7. The van der Waals surface area contributed by atoms with E-state index < -0.39 is 15.6 Å². The van der Waals surface area contributed by atoms with Crippen LogP contribution in [0.15, 0.2) is 18.2 Å². The first kappa shape index (κ1) is 24.7. The molecule has 8 heteroatoms. The largest absolute Gasteiger partial charge is 0.351 e. The minimum absolute atomic E-state index is 0.0375. The summed E-state index contributed by atoms with van der Waals surface area (Å²) in [5.74, 6) is -0.697. The highest BCUT2D eigenvalue weighted by molar-refractivity contribution is 7.89. The van der Waals surface area contributed by atoms with Crippen LogP contribution in [-0.4, -0.2) is 55.0 Å².